The zero-order valence-electron chi connectivity index (χ0n) is 25.9. The molecule has 1 aliphatic carbocycles. The van der Waals surface area contributed by atoms with E-state index in [1.165, 1.54) is 12.0 Å². The summed E-state index contributed by atoms with van der Waals surface area (Å²) in [5.41, 5.74) is 9.28. The molecular weight excluding hydrogens is 534 g/mol. The molecule has 1 aliphatic heterocycles. The first-order valence-corrected chi connectivity index (χ1v) is 14.3. The maximum absolute atomic E-state index is 13.3. The Bertz CT molecular complexity index is 1140. The monoisotopic (exact) mass is 581 g/mol. The third-order valence-corrected chi connectivity index (χ3v) is 6.90. The van der Waals surface area contributed by atoms with Gasteiger partial charge in [-0.05, 0) is 69.6 Å². The number of primary amides is 1. The molecule has 4 atom stereocenters. The lowest BCUT2D eigenvalue weighted by molar-refractivity contribution is -0.132. The standard InChI is InChI=1S/C28H35N3O4.C3H8.2CH2O/c1-17-5-9-19(10-6-17)20-11-7-18(8-12-20)15-23(25(29)32)30-26(33)24-21-13-14-22(16-21)31(24)27(34)35-28(2,3)4;1-3-2;2*1-2/h5-12,21-24H,13-16H2,1-4H3,(H2,29,32)(H,30,33);3H2,1-2H3;2*1H2/t21-,22+,23?,24-;;;/m0.../s1. The van der Waals surface area contributed by atoms with Crippen molar-refractivity contribution in [3.63, 3.8) is 0 Å². The van der Waals surface area contributed by atoms with E-state index in [2.05, 4.69) is 50.4 Å². The number of rotatable bonds is 6. The largest absolute Gasteiger partial charge is 0.444 e. The van der Waals surface area contributed by atoms with E-state index in [9.17, 15) is 14.4 Å². The van der Waals surface area contributed by atoms with Crippen LogP contribution in [0.25, 0.3) is 11.1 Å². The van der Waals surface area contributed by atoms with Crippen molar-refractivity contribution < 1.29 is 28.7 Å². The number of nitrogens with one attached hydrogen (secondary N) is 1. The van der Waals surface area contributed by atoms with E-state index in [-0.39, 0.29) is 24.3 Å². The molecule has 1 saturated carbocycles. The number of amides is 3. The van der Waals surface area contributed by atoms with E-state index in [4.69, 9.17) is 20.1 Å². The zero-order valence-corrected chi connectivity index (χ0v) is 25.9. The number of aryl methyl sites for hydroxylation is 1. The maximum atomic E-state index is 13.3. The lowest BCUT2D eigenvalue weighted by Crippen LogP contribution is -2.57. The van der Waals surface area contributed by atoms with Crippen LogP contribution >= 0.6 is 0 Å². The van der Waals surface area contributed by atoms with Crippen LogP contribution in [-0.4, -0.2) is 60.1 Å². The Kier molecular flexibility index (Phi) is 14.6. The molecule has 3 amide bonds. The van der Waals surface area contributed by atoms with Gasteiger partial charge in [0.15, 0.2) is 0 Å². The number of hydrogen-bond donors (Lipinski definition) is 2. The lowest BCUT2D eigenvalue weighted by atomic mass is 9.96. The summed E-state index contributed by atoms with van der Waals surface area (Å²) in [6, 6.07) is 14.7. The predicted molar refractivity (Wildman–Crippen MR) is 165 cm³/mol. The molecule has 4 rings (SSSR count). The number of fused-ring (bicyclic) bond motifs is 2. The number of piperidine rings is 1. The SMILES string of the molecule is C=O.C=O.CCC.Cc1ccc(-c2ccc(CC(NC(=O)[C@@H]3[C@H]4CC[C@H](C4)N3C(=O)OC(C)(C)C)C(N)=O)cc2)cc1. The van der Waals surface area contributed by atoms with E-state index >= 15 is 0 Å². The number of likely N-dealkylation sites (tertiary alicyclic amines) is 1. The van der Waals surface area contributed by atoms with Gasteiger partial charge < -0.3 is 25.4 Å². The summed E-state index contributed by atoms with van der Waals surface area (Å²) in [5, 5.41) is 2.83. The third kappa shape index (κ3) is 10.1. The van der Waals surface area contributed by atoms with Gasteiger partial charge in [-0.15, -0.1) is 0 Å². The van der Waals surface area contributed by atoms with Crippen molar-refractivity contribution in [2.45, 2.75) is 97.4 Å². The minimum Gasteiger partial charge on any atom is -0.444 e. The molecule has 1 unspecified atom stereocenters. The molecular formula is C33H47N3O6. The number of hydrogen-bond acceptors (Lipinski definition) is 6. The number of carbonyl (C=O) groups is 5. The highest BCUT2D eigenvalue weighted by Crippen LogP contribution is 2.43. The highest BCUT2D eigenvalue weighted by atomic mass is 16.6. The normalized spacial score (nSPS) is 19.0. The van der Waals surface area contributed by atoms with Gasteiger partial charge in [0, 0.05) is 12.5 Å². The van der Waals surface area contributed by atoms with Crippen LogP contribution < -0.4 is 11.1 Å². The summed E-state index contributed by atoms with van der Waals surface area (Å²) in [6.45, 7) is 15.7. The van der Waals surface area contributed by atoms with Crippen molar-refractivity contribution in [3.05, 3.63) is 59.7 Å². The third-order valence-electron chi connectivity index (χ3n) is 6.90. The average molecular weight is 582 g/mol. The summed E-state index contributed by atoms with van der Waals surface area (Å²) < 4.78 is 5.57. The molecule has 0 spiro atoms. The summed E-state index contributed by atoms with van der Waals surface area (Å²) in [4.78, 5) is 56.0. The van der Waals surface area contributed by atoms with Crippen molar-refractivity contribution in [1.82, 2.24) is 10.2 Å². The first-order chi connectivity index (χ1) is 19.9. The second-order valence-electron chi connectivity index (χ2n) is 11.5. The fourth-order valence-corrected chi connectivity index (χ4v) is 5.20. The van der Waals surface area contributed by atoms with Gasteiger partial charge in [-0.3, -0.25) is 14.5 Å². The fraction of sp³-hybridized carbons (Fsp3) is 0.485. The topological polar surface area (TPSA) is 136 Å². The molecule has 1 saturated heterocycles. The molecule has 42 heavy (non-hydrogen) atoms. The molecule has 230 valence electrons. The van der Waals surface area contributed by atoms with Crippen molar-refractivity contribution >= 4 is 31.5 Å². The minimum absolute atomic E-state index is 0.00746. The molecule has 2 aromatic rings. The molecule has 0 radical (unpaired) electrons. The van der Waals surface area contributed by atoms with Gasteiger partial charge in [-0.1, -0.05) is 74.4 Å². The van der Waals surface area contributed by atoms with E-state index < -0.39 is 29.7 Å². The minimum atomic E-state index is -0.868. The predicted octanol–water partition coefficient (Wildman–Crippen LogP) is 5.01. The Balaban J connectivity index is 0.00000116. The molecule has 9 heteroatoms. The van der Waals surface area contributed by atoms with Gasteiger partial charge in [-0.2, -0.15) is 0 Å². The molecule has 0 aromatic heterocycles. The molecule has 2 fully saturated rings. The number of ether oxygens (including phenoxy) is 1. The van der Waals surface area contributed by atoms with E-state index in [0.717, 1.165) is 36.0 Å². The van der Waals surface area contributed by atoms with Crippen LogP contribution in [0.2, 0.25) is 0 Å². The summed E-state index contributed by atoms with van der Waals surface area (Å²) in [5.74, 6) is -0.883. The Morgan fingerprint density at radius 1 is 0.952 bits per heavy atom. The molecule has 9 nitrogen and oxygen atoms in total. The Labute approximate surface area is 250 Å². The van der Waals surface area contributed by atoms with Crippen LogP contribution in [0, 0.1) is 12.8 Å². The second kappa shape index (κ2) is 17.1. The van der Waals surface area contributed by atoms with Crippen LogP contribution in [0.5, 0.6) is 0 Å². The number of nitrogens with two attached hydrogens (primary N) is 1. The highest BCUT2D eigenvalue weighted by Gasteiger charge is 2.52. The first kappa shape index (κ1) is 36.0. The summed E-state index contributed by atoms with van der Waals surface area (Å²) in [7, 11) is 0. The summed E-state index contributed by atoms with van der Waals surface area (Å²) >= 11 is 0. The molecule has 2 aromatic carbocycles. The van der Waals surface area contributed by atoms with Gasteiger partial charge in [0.05, 0.1) is 0 Å². The number of benzene rings is 2. The molecule has 3 N–H and O–H groups in total. The van der Waals surface area contributed by atoms with Crippen molar-refractivity contribution in [1.29, 1.82) is 0 Å². The number of carbonyl (C=O) groups excluding carboxylic acids is 5. The van der Waals surface area contributed by atoms with Crippen molar-refractivity contribution in [3.8, 4) is 11.1 Å². The molecule has 1 heterocycles. The van der Waals surface area contributed by atoms with Crippen LogP contribution in [0.1, 0.15) is 71.4 Å². The van der Waals surface area contributed by atoms with Crippen molar-refractivity contribution in [2.75, 3.05) is 0 Å². The zero-order chi connectivity index (χ0) is 32.0. The summed E-state index contributed by atoms with van der Waals surface area (Å²) in [6.07, 6.45) is 3.57. The van der Waals surface area contributed by atoms with Gasteiger partial charge >= 0.3 is 6.09 Å². The van der Waals surface area contributed by atoms with Crippen molar-refractivity contribution in [2.24, 2.45) is 11.7 Å². The van der Waals surface area contributed by atoms with E-state index in [1.807, 2.05) is 58.6 Å². The Hall–Kier alpha value is -4.01. The maximum Gasteiger partial charge on any atom is 0.411 e. The quantitative estimate of drug-likeness (QED) is 0.492. The van der Waals surface area contributed by atoms with Gasteiger partial charge in [0.25, 0.3) is 0 Å². The Morgan fingerprint density at radius 3 is 1.93 bits per heavy atom. The fourth-order valence-electron chi connectivity index (χ4n) is 5.20. The van der Waals surface area contributed by atoms with E-state index in [1.54, 1.807) is 4.90 Å². The van der Waals surface area contributed by atoms with Gasteiger partial charge in [-0.25, -0.2) is 4.79 Å². The Morgan fingerprint density at radius 2 is 1.45 bits per heavy atom. The van der Waals surface area contributed by atoms with Crippen LogP contribution in [0.4, 0.5) is 4.79 Å². The van der Waals surface area contributed by atoms with Crippen LogP contribution in [-0.2, 0) is 30.3 Å². The average Bonchev–Trinajstić information content (AvgIpc) is 3.58. The molecule has 2 aliphatic rings. The van der Waals surface area contributed by atoms with Crippen LogP contribution in [0.15, 0.2) is 48.5 Å². The lowest BCUT2D eigenvalue weighted by Gasteiger charge is -2.36. The number of nitrogens with zero attached hydrogens (tertiary/aromatic N) is 1. The highest BCUT2D eigenvalue weighted by molar-refractivity contribution is 5.91. The van der Waals surface area contributed by atoms with Crippen LogP contribution in [0.3, 0.4) is 0 Å². The van der Waals surface area contributed by atoms with Gasteiger partial charge in [0.1, 0.15) is 31.3 Å². The first-order valence-electron chi connectivity index (χ1n) is 14.3. The smallest absolute Gasteiger partial charge is 0.411 e. The van der Waals surface area contributed by atoms with E-state index in [0.29, 0.717) is 0 Å². The molecule has 2 bridgehead atoms. The second-order valence-corrected chi connectivity index (χ2v) is 11.5. The van der Waals surface area contributed by atoms with Gasteiger partial charge in [0.2, 0.25) is 11.8 Å².